The van der Waals surface area contributed by atoms with Gasteiger partial charge in [0, 0.05) is 11.1 Å². The van der Waals surface area contributed by atoms with Crippen molar-refractivity contribution in [2.24, 2.45) is 0 Å². The molecule has 0 unspecified atom stereocenters. The number of carbonyl (C=O) groups excluding carboxylic acids is 1. The van der Waals surface area contributed by atoms with Crippen molar-refractivity contribution in [2.75, 3.05) is 0 Å². The van der Waals surface area contributed by atoms with Crippen molar-refractivity contribution in [3.05, 3.63) is 66.1 Å². The van der Waals surface area contributed by atoms with Crippen LogP contribution in [0, 0.1) is 0 Å². The van der Waals surface area contributed by atoms with Crippen LogP contribution in [0.3, 0.4) is 0 Å². The van der Waals surface area contributed by atoms with Crippen molar-refractivity contribution < 1.29 is 13.9 Å². The molecule has 2 aromatic carbocycles. The van der Waals surface area contributed by atoms with Crippen LogP contribution in [-0.2, 0) is 6.42 Å². The number of aromatic nitrogens is 2. The molecule has 0 amide bonds. The van der Waals surface area contributed by atoms with Gasteiger partial charge in [-0.3, -0.25) is 4.79 Å². The van der Waals surface area contributed by atoms with Gasteiger partial charge in [0.05, 0.1) is 0 Å². The standard InChI is InChI=1S/C19H18N2O3/c1-3-14-4-6-15(7-5-14)18(22)13(2)24-17-10-8-16(9-11-17)19-21-20-12-23-19/h4-13H,3H2,1-2H3/t13-/m0/s1. The highest BCUT2D eigenvalue weighted by molar-refractivity contribution is 5.99. The summed E-state index contributed by atoms with van der Waals surface area (Å²) in [7, 11) is 0. The molecule has 5 nitrogen and oxygen atoms in total. The Hall–Kier alpha value is -2.95. The summed E-state index contributed by atoms with van der Waals surface area (Å²) in [6.07, 6.45) is 1.67. The Bertz CT molecular complexity index is 794. The van der Waals surface area contributed by atoms with Crippen molar-refractivity contribution in [3.63, 3.8) is 0 Å². The van der Waals surface area contributed by atoms with E-state index >= 15 is 0 Å². The third kappa shape index (κ3) is 3.51. The molecule has 0 aliphatic carbocycles. The Morgan fingerprint density at radius 3 is 2.42 bits per heavy atom. The number of ether oxygens (including phenoxy) is 1. The number of rotatable bonds is 6. The first kappa shape index (κ1) is 15.9. The second kappa shape index (κ2) is 7.08. The first-order chi connectivity index (χ1) is 11.7. The highest BCUT2D eigenvalue weighted by Crippen LogP contribution is 2.21. The molecule has 0 radical (unpaired) electrons. The van der Waals surface area contributed by atoms with Gasteiger partial charge in [-0.15, -0.1) is 10.2 Å². The van der Waals surface area contributed by atoms with Gasteiger partial charge in [-0.25, -0.2) is 0 Å². The average molecular weight is 322 g/mol. The molecule has 1 aromatic heterocycles. The summed E-state index contributed by atoms with van der Waals surface area (Å²) in [5.41, 5.74) is 2.66. The van der Waals surface area contributed by atoms with Crippen molar-refractivity contribution in [1.82, 2.24) is 10.2 Å². The molecule has 0 aliphatic heterocycles. The lowest BCUT2D eigenvalue weighted by atomic mass is 10.0. The van der Waals surface area contributed by atoms with E-state index in [0.717, 1.165) is 12.0 Å². The van der Waals surface area contributed by atoms with Crippen molar-refractivity contribution in [1.29, 1.82) is 0 Å². The summed E-state index contributed by atoms with van der Waals surface area (Å²) in [5.74, 6) is 1.02. The molecule has 0 fully saturated rings. The van der Waals surface area contributed by atoms with E-state index in [1.54, 1.807) is 19.1 Å². The minimum Gasteiger partial charge on any atom is -0.483 e. The smallest absolute Gasteiger partial charge is 0.247 e. The van der Waals surface area contributed by atoms with Gasteiger partial charge in [0.1, 0.15) is 5.75 Å². The fourth-order valence-corrected chi connectivity index (χ4v) is 2.37. The molecule has 0 aliphatic rings. The molecule has 0 bridgehead atoms. The molecule has 1 heterocycles. The molecule has 0 spiro atoms. The van der Waals surface area contributed by atoms with Crippen molar-refractivity contribution in [2.45, 2.75) is 26.4 Å². The molecule has 0 N–H and O–H groups in total. The quantitative estimate of drug-likeness (QED) is 0.643. The first-order valence-corrected chi connectivity index (χ1v) is 7.84. The van der Waals surface area contributed by atoms with Crippen LogP contribution in [0.2, 0.25) is 0 Å². The normalized spacial score (nSPS) is 11.9. The minimum absolute atomic E-state index is 0.0429. The number of benzene rings is 2. The molecule has 122 valence electrons. The highest BCUT2D eigenvalue weighted by Gasteiger charge is 2.17. The van der Waals surface area contributed by atoms with E-state index in [1.807, 2.05) is 36.4 Å². The largest absolute Gasteiger partial charge is 0.483 e. The fourth-order valence-electron chi connectivity index (χ4n) is 2.37. The molecule has 0 saturated carbocycles. The van der Waals surface area contributed by atoms with E-state index < -0.39 is 6.10 Å². The van der Waals surface area contributed by atoms with Crippen LogP contribution < -0.4 is 4.74 Å². The SMILES string of the molecule is CCc1ccc(C(=O)[C@H](C)Oc2ccc(-c3nnco3)cc2)cc1. The lowest BCUT2D eigenvalue weighted by Gasteiger charge is -2.14. The zero-order valence-electron chi connectivity index (χ0n) is 13.6. The van der Waals surface area contributed by atoms with Crippen LogP contribution in [0.25, 0.3) is 11.5 Å². The molecular weight excluding hydrogens is 304 g/mol. The topological polar surface area (TPSA) is 65.2 Å². The van der Waals surface area contributed by atoms with Gasteiger partial charge in [-0.05, 0) is 43.2 Å². The Balaban J connectivity index is 1.67. The molecule has 3 aromatic rings. The fraction of sp³-hybridized carbons (Fsp3) is 0.211. The van der Waals surface area contributed by atoms with E-state index in [0.29, 0.717) is 17.2 Å². The number of ketones is 1. The van der Waals surface area contributed by atoms with Crippen LogP contribution in [0.5, 0.6) is 5.75 Å². The minimum atomic E-state index is -0.563. The second-order valence-corrected chi connectivity index (χ2v) is 5.44. The maximum Gasteiger partial charge on any atom is 0.247 e. The zero-order valence-corrected chi connectivity index (χ0v) is 13.6. The van der Waals surface area contributed by atoms with Gasteiger partial charge in [0.25, 0.3) is 0 Å². The summed E-state index contributed by atoms with van der Waals surface area (Å²) < 4.78 is 10.9. The molecular formula is C19H18N2O3. The Morgan fingerprint density at radius 1 is 1.12 bits per heavy atom. The molecule has 24 heavy (non-hydrogen) atoms. The summed E-state index contributed by atoms with van der Waals surface area (Å²) in [5, 5.41) is 7.49. The summed E-state index contributed by atoms with van der Waals surface area (Å²) >= 11 is 0. The van der Waals surface area contributed by atoms with Crippen LogP contribution in [0.4, 0.5) is 0 Å². The molecule has 3 rings (SSSR count). The van der Waals surface area contributed by atoms with Gasteiger partial charge in [0.15, 0.2) is 6.10 Å². The van der Waals surface area contributed by atoms with Gasteiger partial charge in [-0.2, -0.15) is 0 Å². The van der Waals surface area contributed by atoms with Crippen LogP contribution >= 0.6 is 0 Å². The van der Waals surface area contributed by atoms with Gasteiger partial charge in [0.2, 0.25) is 18.1 Å². The van der Waals surface area contributed by atoms with Gasteiger partial charge < -0.3 is 9.15 Å². The predicted molar refractivity (Wildman–Crippen MR) is 90.0 cm³/mol. The van der Waals surface area contributed by atoms with Crippen molar-refractivity contribution in [3.8, 4) is 17.2 Å². The van der Waals surface area contributed by atoms with Gasteiger partial charge >= 0.3 is 0 Å². The lowest BCUT2D eigenvalue weighted by Crippen LogP contribution is -2.23. The average Bonchev–Trinajstić information content (AvgIpc) is 3.16. The molecule has 1 atom stereocenters. The maximum absolute atomic E-state index is 12.4. The lowest BCUT2D eigenvalue weighted by molar-refractivity contribution is 0.0818. The van der Waals surface area contributed by atoms with Crippen molar-refractivity contribution >= 4 is 5.78 Å². The Labute approximate surface area is 140 Å². The van der Waals surface area contributed by atoms with E-state index in [2.05, 4.69) is 17.1 Å². The summed E-state index contributed by atoms with van der Waals surface area (Å²) in [6, 6.07) is 14.8. The van der Waals surface area contributed by atoms with E-state index in [4.69, 9.17) is 9.15 Å². The first-order valence-electron chi connectivity index (χ1n) is 7.84. The zero-order chi connectivity index (χ0) is 16.9. The number of nitrogens with zero attached hydrogens (tertiary/aromatic N) is 2. The van der Waals surface area contributed by atoms with Crippen LogP contribution in [0.1, 0.15) is 29.8 Å². The Morgan fingerprint density at radius 2 is 1.83 bits per heavy atom. The van der Waals surface area contributed by atoms with Crippen LogP contribution in [0.15, 0.2) is 59.3 Å². The molecule has 0 saturated heterocycles. The third-order valence-corrected chi connectivity index (χ3v) is 3.79. The second-order valence-electron chi connectivity index (χ2n) is 5.44. The summed E-state index contributed by atoms with van der Waals surface area (Å²) in [4.78, 5) is 12.4. The monoisotopic (exact) mass is 322 g/mol. The van der Waals surface area contributed by atoms with Crippen LogP contribution in [-0.4, -0.2) is 22.1 Å². The maximum atomic E-state index is 12.4. The van der Waals surface area contributed by atoms with E-state index in [9.17, 15) is 4.79 Å². The number of hydrogen-bond acceptors (Lipinski definition) is 5. The Kier molecular flexibility index (Phi) is 4.70. The third-order valence-electron chi connectivity index (χ3n) is 3.79. The number of hydrogen-bond donors (Lipinski definition) is 0. The predicted octanol–water partition coefficient (Wildman–Crippen LogP) is 3.95. The van der Waals surface area contributed by atoms with E-state index in [1.165, 1.54) is 12.0 Å². The number of Topliss-reactive ketones (excluding diaryl/α,β-unsaturated/α-hetero) is 1. The number of aryl methyl sites for hydroxylation is 1. The molecule has 5 heteroatoms. The van der Waals surface area contributed by atoms with E-state index in [-0.39, 0.29) is 5.78 Å². The highest BCUT2D eigenvalue weighted by atomic mass is 16.5. The van der Waals surface area contributed by atoms with Gasteiger partial charge in [-0.1, -0.05) is 31.2 Å². The number of carbonyl (C=O) groups is 1. The summed E-state index contributed by atoms with van der Waals surface area (Å²) in [6.45, 7) is 3.84.